The van der Waals surface area contributed by atoms with E-state index in [4.69, 9.17) is 11.6 Å². The highest BCUT2D eigenvalue weighted by atomic mass is 35.5. The number of thiophene rings is 1. The first-order valence-electron chi connectivity index (χ1n) is 3.66. The quantitative estimate of drug-likeness (QED) is 0.686. The molecule has 0 aliphatic carbocycles. The molecule has 2 aromatic rings. The SMILES string of the molecule is O=Cc1sc2c(F)ccc(F)c2c1Cl. The van der Waals surface area contributed by atoms with Gasteiger partial charge >= 0.3 is 0 Å². The van der Waals surface area contributed by atoms with Crippen molar-refractivity contribution < 1.29 is 13.6 Å². The van der Waals surface area contributed by atoms with Gasteiger partial charge in [-0.25, -0.2) is 8.78 Å². The summed E-state index contributed by atoms with van der Waals surface area (Å²) in [6, 6.07) is 2.00. The molecule has 0 unspecified atom stereocenters. The van der Waals surface area contributed by atoms with Gasteiger partial charge in [0.1, 0.15) is 11.6 Å². The van der Waals surface area contributed by atoms with Crippen LogP contribution in [-0.2, 0) is 0 Å². The summed E-state index contributed by atoms with van der Waals surface area (Å²) < 4.78 is 26.5. The van der Waals surface area contributed by atoms with E-state index in [2.05, 4.69) is 0 Å². The molecule has 0 aliphatic heterocycles. The Kier molecular flexibility index (Phi) is 2.25. The molecule has 0 fully saturated rings. The van der Waals surface area contributed by atoms with E-state index in [1.807, 2.05) is 0 Å². The lowest BCUT2D eigenvalue weighted by molar-refractivity contribution is 0.112. The van der Waals surface area contributed by atoms with Crippen LogP contribution in [0.5, 0.6) is 0 Å². The van der Waals surface area contributed by atoms with Crippen LogP contribution in [0.2, 0.25) is 5.02 Å². The minimum atomic E-state index is -0.615. The number of rotatable bonds is 1. The van der Waals surface area contributed by atoms with Crippen molar-refractivity contribution in [1.82, 2.24) is 0 Å². The molecule has 0 spiro atoms. The van der Waals surface area contributed by atoms with Crippen LogP contribution >= 0.6 is 22.9 Å². The Hall–Kier alpha value is -1.00. The number of fused-ring (bicyclic) bond motifs is 1. The maximum absolute atomic E-state index is 13.2. The van der Waals surface area contributed by atoms with Crippen LogP contribution in [0.1, 0.15) is 9.67 Å². The maximum Gasteiger partial charge on any atom is 0.161 e. The van der Waals surface area contributed by atoms with E-state index >= 15 is 0 Å². The van der Waals surface area contributed by atoms with Crippen molar-refractivity contribution >= 4 is 39.3 Å². The Labute approximate surface area is 86.9 Å². The van der Waals surface area contributed by atoms with E-state index in [0.717, 1.165) is 23.5 Å². The van der Waals surface area contributed by atoms with Gasteiger partial charge in [0, 0.05) is 0 Å². The van der Waals surface area contributed by atoms with Crippen molar-refractivity contribution in [2.75, 3.05) is 0 Å². The van der Waals surface area contributed by atoms with Gasteiger partial charge < -0.3 is 0 Å². The molecule has 0 N–H and O–H groups in total. The number of carbonyl (C=O) groups is 1. The number of hydrogen-bond acceptors (Lipinski definition) is 2. The minimum absolute atomic E-state index is 0.0150. The third-order valence-electron chi connectivity index (χ3n) is 1.81. The number of benzene rings is 1. The summed E-state index contributed by atoms with van der Waals surface area (Å²) in [7, 11) is 0. The lowest BCUT2D eigenvalue weighted by atomic mass is 10.2. The van der Waals surface area contributed by atoms with Crippen molar-refractivity contribution in [1.29, 1.82) is 0 Å². The van der Waals surface area contributed by atoms with Gasteiger partial charge in [-0.2, -0.15) is 0 Å². The van der Waals surface area contributed by atoms with Crippen LogP contribution in [0, 0.1) is 11.6 Å². The van der Waals surface area contributed by atoms with Crippen molar-refractivity contribution in [3.63, 3.8) is 0 Å². The van der Waals surface area contributed by atoms with Gasteiger partial charge in [-0.15, -0.1) is 11.3 Å². The van der Waals surface area contributed by atoms with E-state index < -0.39 is 11.6 Å². The summed E-state index contributed by atoms with van der Waals surface area (Å²) in [6.07, 6.45) is 0.492. The van der Waals surface area contributed by atoms with E-state index in [0.29, 0.717) is 6.29 Å². The molecule has 0 atom stereocenters. The molecular formula is C9H3ClF2OS. The van der Waals surface area contributed by atoms with Gasteiger partial charge in [-0.3, -0.25) is 4.79 Å². The van der Waals surface area contributed by atoms with Gasteiger partial charge in [0.2, 0.25) is 0 Å². The van der Waals surface area contributed by atoms with Gasteiger partial charge in [-0.05, 0) is 12.1 Å². The molecule has 0 radical (unpaired) electrons. The molecule has 1 nitrogen and oxygen atoms in total. The van der Waals surface area contributed by atoms with Crippen LogP contribution in [0.4, 0.5) is 8.78 Å². The zero-order chi connectivity index (χ0) is 10.3. The lowest BCUT2D eigenvalue weighted by Gasteiger charge is -1.93. The van der Waals surface area contributed by atoms with Crippen LogP contribution in [-0.4, -0.2) is 6.29 Å². The van der Waals surface area contributed by atoms with E-state index in [1.54, 1.807) is 0 Å². The van der Waals surface area contributed by atoms with Crippen LogP contribution < -0.4 is 0 Å². The molecule has 0 saturated heterocycles. The van der Waals surface area contributed by atoms with Gasteiger partial charge in [0.15, 0.2) is 6.29 Å². The first-order valence-corrected chi connectivity index (χ1v) is 4.85. The Bertz CT molecular complexity index is 521. The van der Waals surface area contributed by atoms with Crippen LogP contribution in [0.15, 0.2) is 12.1 Å². The summed E-state index contributed by atoms with van der Waals surface area (Å²) in [6.45, 7) is 0. The highest BCUT2D eigenvalue weighted by Gasteiger charge is 2.16. The second kappa shape index (κ2) is 3.29. The maximum atomic E-state index is 13.2. The summed E-state index contributed by atoms with van der Waals surface area (Å²) in [4.78, 5) is 10.6. The van der Waals surface area contributed by atoms with Crippen molar-refractivity contribution in [2.24, 2.45) is 0 Å². The van der Waals surface area contributed by atoms with E-state index in [1.165, 1.54) is 0 Å². The van der Waals surface area contributed by atoms with Crippen molar-refractivity contribution in [3.8, 4) is 0 Å². The second-order valence-electron chi connectivity index (χ2n) is 2.63. The number of halogens is 3. The molecule has 0 amide bonds. The second-order valence-corrected chi connectivity index (χ2v) is 4.06. The van der Waals surface area contributed by atoms with Gasteiger partial charge in [0.25, 0.3) is 0 Å². The molecule has 14 heavy (non-hydrogen) atoms. The molecule has 2 rings (SSSR count). The van der Waals surface area contributed by atoms with E-state index in [-0.39, 0.29) is 20.0 Å². The topological polar surface area (TPSA) is 17.1 Å². The normalized spacial score (nSPS) is 10.8. The summed E-state index contributed by atoms with van der Waals surface area (Å²) in [5.74, 6) is -1.18. The molecule has 5 heteroatoms. The first kappa shape index (κ1) is 9.55. The third-order valence-corrected chi connectivity index (χ3v) is 3.44. The highest BCUT2D eigenvalue weighted by Crippen LogP contribution is 2.37. The third kappa shape index (κ3) is 1.22. The molecule has 1 aromatic carbocycles. The standard InChI is InChI=1S/C9H3ClF2OS/c10-8-6(3-13)14-9-5(12)2-1-4(11)7(8)9/h1-3H. The summed E-state index contributed by atoms with van der Waals surface area (Å²) >= 11 is 6.56. The summed E-state index contributed by atoms with van der Waals surface area (Å²) in [5.41, 5.74) is 0. The van der Waals surface area contributed by atoms with Gasteiger partial charge in [0.05, 0.1) is 20.0 Å². The molecule has 0 saturated carbocycles. The lowest BCUT2D eigenvalue weighted by Crippen LogP contribution is -1.79. The molecular weight excluding hydrogens is 230 g/mol. The molecule has 1 aromatic heterocycles. The minimum Gasteiger partial charge on any atom is -0.297 e. The fourth-order valence-corrected chi connectivity index (χ4v) is 2.52. The number of hydrogen-bond donors (Lipinski definition) is 0. The Morgan fingerprint density at radius 2 is 1.93 bits per heavy atom. The van der Waals surface area contributed by atoms with Gasteiger partial charge in [-0.1, -0.05) is 11.6 Å². The average Bonchev–Trinajstić information content (AvgIpc) is 2.51. The predicted molar refractivity (Wildman–Crippen MR) is 52.1 cm³/mol. The average molecular weight is 233 g/mol. The van der Waals surface area contributed by atoms with E-state index in [9.17, 15) is 13.6 Å². The highest BCUT2D eigenvalue weighted by molar-refractivity contribution is 7.21. The fourth-order valence-electron chi connectivity index (χ4n) is 1.19. The Morgan fingerprint density at radius 3 is 2.50 bits per heavy atom. The first-order chi connectivity index (χ1) is 6.65. The molecule has 72 valence electrons. The Morgan fingerprint density at radius 1 is 1.29 bits per heavy atom. The van der Waals surface area contributed by atoms with Crippen LogP contribution in [0.25, 0.3) is 10.1 Å². The van der Waals surface area contributed by atoms with Crippen LogP contribution in [0.3, 0.4) is 0 Å². The largest absolute Gasteiger partial charge is 0.297 e. The number of carbonyl (C=O) groups excluding carboxylic acids is 1. The Balaban J connectivity index is 2.97. The number of aldehydes is 1. The zero-order valence-electron chi connectivity index (χ0n) is 6.68. The predicted octanol–water partition coefficient (Wildman–Crippen LogP) is 3.65. The zero-order valence-corrected chi connectivity index (χ0v) is 8.25. The molecule has 0 bridgehead atoms. The van der Waals surface area contributed by atoms with Crippen molar-refractivity contribution in [2.45, 2.75) is 0 Å². The van der Waals surface area contributed by atoms with Crippen molar-refractivity contribution in [3.05, 3.63) is 33.7 Å². The molecule has 0 aliphatic rings. The smallest absolute Gasteiger partial charge is 0.161 e. The monoisotopic (exact) mass is 232 g/mol. The summed E-state index contributed by atoms with van der Waals surface area (Å²) in [5, 5.41) is -0.0317. The molecule has 1 heterocycles. The fraction of sp³-hybridized carbons (Fsp3) is 0.